The quantitative estimate of drug-likeness (QED) is 0.412. The Labute approximate surface area is 254 Å². The van der Waals surface area contributed by atoms with Crippen LogP contribution in [-0.4, -0.2) is 104 Å². The summed E-state index contributed by atoms with van der Waals surface area (Å²) in [6.45, 7) is 10.2. The Morgan fingerprint density at radius 2 is 1.65 bits per heavy atom. The van der Waals surface area contributed by atoms with Crippen LogP contribution in [0.5, 0.6) is 0 Å². The second-order valence-electron chi connectivity index (χ2n) is 12.6. The van der Waals surface area contributed by atoms with Crippen molar-refractivity contribution in [1.82, 2.24) is 29.2 Å². The lowest BCUT2D eigenvalue weighted by molar-refractivity contribution is -0.0744. The molecule has 2 fully saturated rings. The molecule has 1 unspecified atom stereocenters. The van der Waals surface area contributed by atoms with Crippen molar-refractivity contribution < 1.29 is 19.4 Å². The van der Waals surface area contributed by atoms with E-state index in [1.54, 1.807) is 26.8 Å². The van der Waals surface area contributed by atoms with Gasteiger partial charge in [0.15, 0.2) is 6.35 Å². The maximum absolute atomic E-state index is 13.3. The number of benzene rings is 2. The normalized spacial score (nSPS) is 17.7. The van der Waals surface area contributed by atoms with Crippen LogP contribution in [0.25, 0.3) is 11.3 Å². The summed E-state index contributed by atoms with van der Waals surface area (Å²) in [6.07, 6.45) is 4.26. The van der Waals surface area contributed by atoms with E-state index in [-0.39, 0.29) is 18.0 Å². The summed E-state index contributed by atoms with van der Waals surface area (Å²) in [7, 11) is 1.96. The number of carbonyl (C=O) groups is 2. The molecule has 2 saturated heterocycles. The first-order chi connectivity index (χ1) is 20.6. The number of aliphatic hydroxyl groups excluding tert-OH is 1. The number of piperazine rings is 1. The molecule has 1 N–H and O–H groups in total. The van der Waals surface area contributed by atoms with Gasteiger partial charge >= 0.3 is 6.09 Å². The van der Waals surface area contributed by atoms with Gasteiger partial charge in [-0.3, -0.25) is 19.2 Å². The number of imidazole rings is 1. The number of carbonyl (C=O) groups excluding carboxylic acids is 2. The summed E-state index contributed by atoms with van der Waals surface area (Å²) in [5.74, 6) is -0.0801. The Morgan fingerprint density at radius 1 is 0.977 bits per heavy atom. The molecule has 0 aliphatic carbocycles. The molecule has 2 aliphatic rings. The van der Waals surface area contributed by atoms with Crippen LogP contribution in [-0.2, 0) is 11.3 Å². The Balaban J connectivity index is 1.15. The highest BCUT2D eigenvalue weighted by Crippen LogP contribution is 2.25. The van der Waals surface area contributed by atoms with Gasteiger partial charge < -0.3 is 19.6 Å². The highest BCUT2D eigenvalue weighted by molar-refractivity contribution is 5.95. The summed E-state index contributed by atoms with van der Waals surface area (Å²) < 4.78 is 7.18. The van der Waals surface area contributed by atoms with Gasteiger partial charge in [-0.1, -0.05) is 42.5 Å². The van der Waals surface area contributed by atoms with E-state index in [0.29, 0.717) is 37.4 Å². The summed E-state index contributed by atoms with van der Waals surface area (Å²) >= 11 is 0. The lowest BCUT2D eigenvalue weighted by Crippen LogP contribution is -2.51. The van der Waals surface area contributed by atoms with Gasteiger partial charge in [0.05, 0.1) is 12.0 Å². The molecule has 0 spiro atoms. The molecule has 1 atom stereocenters. The number of likely N-dealkylation sites (tertiary alicyclic amines) is 1. The predicted molar refractivity (Wildman–Crippen MR) is 165 cm³/mol. The van der Waals surface area contributed by atoms with E-state index in [1.165, 1.54) is 5.56 Å². The number of ether oxygens (including phenoxy) is 1. The van der Waals surface area contributed by atoms with Crippen LogP contribution in [0.1, 0.15) is 55.9 Å². The van der Waals surface area contributed by atoms with Gasteiger partial charge in [0, 0.05) is 56.1 Å². The third kappa shape index (κ3) is 7.81. The van der Waals surface area contributed by atoms with Crippen LogP contribution in [0.2, 0.25) is 0 Å². The van der Waals surface area contributed by atoms with Crippen molar-refractivity contribution in [2.75, 3.05) is 46.3 Å². The van der Waals surface area contributed by atoms with Crippen LogP contribution >= 0.6 is 0 Å². The van der Waals surface area contributed by atoms with Gasteiger partial charge in [-0.25, -0.2) is 9.78 Å². The highest BCUT2D eigenvalue weighted by atomic mass is 16.6. The Kier molecular flexibility index (Phi) is 9.49. The molecule has 1 aromatic heterocycles. The van der Waals surface area contributed by atoms with E-state index >= 15 is 0 Å². The lowest BCUT2D eigenvalue weighted by atomic mass is 10.0. The topological polar surface area (TPSA) is 94.4 Å². The highest BCUT2D eigenvalue weighted by Gasteiger charge is 2.29. The number of aliphatic hydroxyl groups is 1. The fraction of sp³-hybridized carbons (Fsp3) is 0.485. The molecule has 230 valence electrons. The van der Waals surface area contributed by atoms with Gasteiger partial charge in [0.25, 0.3) is 5.91 Å². The van der Waals surface area contributed by atoms with Crippen molar-refractivity contribution in [3.05, 3.63) is 78.2 Å². The van der Waals surface area contributed by atoms with Gasteiger partial charge in [-0.15, -0.1) is 0 Å². The van der Waals surface area contributed by atoms with E-state index in [4.69, 9.17) is 4.74 Å². The zero-order chi connectivity index (χ0) is 30.6. The van der Waals surface area contributed by atoms with Crippen molar-refractivity contribution in [1.29, 1.82) is 0 Å². The van der Waals surface area contributed by atoms with Gasteiger partial charge in [0.2, 0.25) is 0 Å². The Hall–Kier alpha value is -3.73. The maximum Gasteiger partial charge on any atom is 0.410 e. The first-order valence-corrected chi connectivity index (χ1v) is 15.1. The predicted octanol–water partition coefficient (Wildman–Crippen LogP) is 4.29. The average Bonchev–Trinajstić information content (AvgIpc) is 3.51. The zero-order valence-corrected chi connectivity index (χ0v) is 25.7. The van der Waals surface area contributed by atoms with Crippen molar-refractivity contribution in [2.45, 2.75) is 58.2 Å². The molecule has 10 nitrogen and oxygen atoms in total. The molecule has 5 rings (SSSR count). The minimum absolute atomic E-state index is 0.0801. The SMILES string of the molecule is CN(C1CCN(Cc2ccccc2)CC1)C(O)n1cnc(-c2cccc(C(=O)N3CCN(C(=O)OC(C)(C)C)CC3)c2)c1. The standard InChI is InChI=1S/C33H44N6O4/c1-33(2,3)43-32(42)38-19-17-37(18-20-38)30(40)27-12-8-11-26(21-27)29-23-39(24-34-29)31(41)35(4)28-13-15-36(16-14-28)22-25-9-6-5-7-10-25/h5-12,21,23-24,28,31,41H,13-20,22H2,1-4H3. The number of piperidine rings is 1. The van der Waals surface area contributed by atoms with Crippen molar-refractivity contribution >= 4 is 12.0 Å². The van der Waals surface area contributed by atoms with E-state index in [0.717, 1.165) is 38.0 Å². The zero-order valence-electron chi connectivity index (χ0n) is 25.7. The lowest BCUT2D eigenvalue weighted by Gasteiger charge is -2.38. The monoisotopic (exact) mass is 588 g/mol. The van der Waals surface area contributed by atoms with Crippen LogP contribution in [0.3, 0.4) is 0 Å². The summed E-state index contributed by atoms with van der Waals surface area (Å²) in [5, 5.41) is 11.2. The van der Waals surface area contributed by atoms with Crippen LogP contribution in [0.15, 0.2) is 67.1 Å². The Morgan fingerprint density at radius 3 is 2.33 bits per heavy atom. The Bertz CT molecular complexity index is 1370. The minimum Gasteiger partial charge on any atom is -0.444 e. The number of nitrogens with zero attached hydrogens (tertiary/aromatic N) is 6. The molecule has 43 heavy (non-hydrogen) atoms. The van der Waals surface area contributed by atoms with Gasteiger partial charge in [0.1, 0.15) is 5.60 Å². The number of hydrogen-bond acceptors (Lipinski definition) is 7. The maximum atomic E-state index is 13.3. The van der Waals surface area contributed by atoms with E-state index < -0.39 is 12.0 Å². The smallest absolute Gasteiger partial charge is 0.410 e. The van der Waals surface area contributed by atoms with Crippen molar-refractivity contribution in [3.8, 4) is 11.3 Å². The van der Waals surface area contributed by atoms with Crippen molar-refractivity contribution in [3.63, 3.8) is 0 Å². The molecule has 0 radical (unpaired) electrons. The molecule has 2 aromatic carbocycles. The van der Waals surface area contributed by atoms with E-state index in [9.17, 15) is 14.7 Å². The largest absolute Gasteiger partial charge is 0.444 e. The summed E-state index contributed by atoms with van der Waals surface area (Å²) in [6, 6.07) is 18.2. The molecule has 10 heteroatoms. The van der Waals surface area contributed by atoms with Crippen molar-refractivity contribution in [2.24, 2.45) is 0 Å². The summed E-state index contributed by atoms with van der Waals surface area (Å²) in [5.41, 5.74) is 2.84. The second kappa shape index (κ2) is 13.3. The molecular weight excluding hydrogens is 544 g/mol. The number of amides is 2. The fourth-order valence-corrected chi connectivity index (χ4v) is 5.75. The first-order valence-electron chi connectivity index (χ1n) is 15.1. The first kappa shape index (κ1) is 30.7. The fourth-order valence-electron chi connectivity index (χ4n) is 5.75. The molecule has 2 aliphatic heterocycles. The average molecular weight is 589 g/mol. The number of hydrogen-bond donors (Lipinski definition) is 1. The molecule has 3 aromatic rings. The third-order valence-corrected chi connectivity index (χ3v) is 8.24. The van der Waals surface area contributed by atoms with E-state index in [2.05, 4.69) is 34.1 Å². The van der Waals surface area contributed by atoms with Gasteiger partial charge in [-0.2, -0.15) is 0 Å². The van der Waals surface area contributed by atoms with Crippen LogP contribution < -0.4 is 0 Å². The minimum atomic E-state index is -0.835. The summed E-state index contributed by atoms with van der Waals surface area (Å²) in [4.78, 5) is 38.1. The molecule has 3 heterocycles. The number of aromatic nitrogens is 2. The third-order valence-electron chi connectivity index (χ3n) is 8.24. The molecule has 2 amide bonds. The number of rotatable bonds is 7. The van der Waals surface area contributed by atoms with E-state index in [1.807, 2.05) is 63.2 Å². The molecule has 0 saturated carbocycles. The van der Waals surface area contributed by atoms with Crippen LogP contribution in [0, 0.1) is 0 Å². The van der Waals surface area contributed by atoms with Crippen LogP contribution in [0.4, 0.5) is 4.79 Å². The molecule has 0 bridgehead atoms. The molecular formula is C33H44N6O4. The second-order valence-corrected chi connectivity index (χ2v) is 12.6. The van der Waals surface area contributed by atoms with Gasteiger partial charge in [-0.05, 0) is 71.4 Å².